The third-order valence-corrected chi connectivity index (χ3v) is 10.4. The van der Waals surface area contributed by atoms with Crippen LogP contribution in [0.4, 0.5) is 0 Å². The Hall–Kier alpha value is -7.04. The Kier molecular flexibility index (Phi) is 6.22. The van der Waals surface area contributed by atoms with Gasteiger partial charge in [0.25, 0.3) is 0 Å². The molecule has 0 aliphatic carbocycles. The van der Waals surface area contributed by atoms with Gasteiger partial charge in [-0.15, -0.1) is 11.3 Å². The minimum absolute atomic E-state index is 0.401. The van der Waals surface area contributed by atoms with E-state index in [4.69, 9.17) is 33.9 Å². The van der Waals surface area contributed by atoms with Gasteiger partial charge in [-0.05, 0) is 54.6 Å². The first-order valence-corrected chi connectivity index (χ1v) is 17.5. The number of rotatable bonds is 5. The maximum absolute atomic E-state index is 6.63. The molecule has 9 nitrogen and oxygen atoms in total. The number of H-pyrrole nitrogens is 1. The van der Waals surface area contributed by atoms with E-state index < -0.39 is 0 Å². The number of aromatic amines is 1. The van der Waals surface area contributed by atoms with Gasteiger partial charge in [-0.1, -0.05) is 71.9 Å². The highest BCUT2D eigenvalue weighted by Crippen LogP contribution is 2.49. The van der Waals surface area contributed by atoms with Crippen molar-refractivity contribution in [3.63, 3.8) is 0 Å². The van der Waals surface area contributed by atoms with E-state index in [1.807, 2.05) is 97.2 Å². The first-order valence-electron chi connectivity index (χ1n) is 16.7. The summed E-state index contributed by atoms with van der Waals surface area (Å²) >= 11 is 1.62. The van der Waals surface area contributed by atoms with Gasteiger partial charge in [0.05, 0.1) is 38.1 Å². The van der Waals surface area contributed by atoms with E-state index in [1.165, 1.54) is 0 Å². The zero-order valence-corrected chi connectivity index (χ0v) is 27.9. The number of fused-ring (bicyclic) bond motifs is 5. The van der Waals surface area contributed by atoms with E-state index in [1.54, 1.807) is 17.5 Å². The lowest BCUT2D eigenvalue weighted by Crippen LogP contribution is -2.01. The molecule has 6 heterocycles. The normalized spacial score (nSPS) is 11.8. The standard InChI is InChI=1S/C42H23N7O2S/c1-3-11-27-23(9-1)17-20-30(45-27)37-25-18-19-26(40-43-21-22-44-40)35(42-47-29-13-5-8-16-33(29)52-42)34(25)36(41-46-28-12-4-7-15-32(28)50-41)39(48-37)38-24-10-2-6-14-31(24)51-49-38/h1-22H,(H,43,44). The lowest BCUT2D eigenvalue weighted by molar-refractivity contribution is 0.459. The maximum Gasteiger partial charge on any atom is 0.230 e. The zero-order valence-electron chi connectivity index (χ0n) is 27.1. The second-order valence-electron chi connectivity index (χ2n) is 12.4. The molecule has 0 bridgehead atoms. The fourth-order valence-corrected chi connectivity index (χ4v) is 8.06. The van der Waals surface area contributed by atoms with E-state index in [0.717, 1.165) is 58.9 Å². The summed E-state index contributed by atoms with van der Waals surface area (Å²) in [6.07, 6.45) is 3.58. The van der Waals surface area contributed by atoms with Crippen LogP contribution in [0.2, 0.25) is 0 Å². The predicted octanol–water partition coefficient (Wildman–Crippen LogP) is 10.7. The van der Waals surface area contributed by atoms with E-state index in [9.17, 15) is 0 Å². The van der Waals surface area contributed by atoms with Gasteiger partial charge >= 0.3 is 0 Å². The molecule has 6 aromatic heterocycles. The number of hydrogen-bond donors (Lipinski definition) is 1. The van der Waals surface area contributed by atoms with Crippen molar-refractivity contribution in [2.45, 2.75) is 0 Å². The number of nitrogens with zero attached hydrogens (tertiary/aromatic N) is 6. The van der Waals surface area contributed by atoms with Crippen LogP contribution in [-0.4, -0.2) is 35.1 Å². The monoisotopic (exact) mass is 689 g/mol. The molecule has 52 heavy (non-hydrogen) atoms. The van der Waals surface area contributed by atoms with Crippen LogP contribution >= 0.6 is 11.3 Å². The van der Waals surface area contributed by atoms with Gasteiger partial charge in [-0.25, -0.2) is 24.9 Å². The van der Waals surface area contributed by atoms with Crippen LogP contribution in [0.25, 0.3) is 110 Å². The highest BCUT2D eigenvalue weighted by molar-refractivity contribution is 7.21. The number of thiazole rings is 1. The van der Waals surface area contributed by atoms with Gasteiger partial charge in [0.2, 0.25) is 5.89 Å². The summed E-state index contributed by atoms with van der Waals surface area (Å²) in [7, 11) is 0. The van der Waals surface area contributed by atoms with Gasteiger partial charge in [0.15, 0.2) is 11.2 Å². The van der Waals surface area contributed by atoms with Crippen LogP contribution in [0.1, 0.15) is 0 Å². The molecule has 0 atom stereocenters. The highest BCUT2D eigenvalue weighted by atomic mass is 32.1. The largest absolute Gasteiger partial charge is 0.436 e. The summed E-state index contributed by atoms with van der Waals surface area (Å²) in [6.45, 7) is 0. The molecule has 0 radical (unpaired) electrons. The van der Waals surface area contributed by atoms with Gasteiger partial charge in [0, 0.05) is 39.7 Å². The molecule has 5 aromatic carbocycles. The second-order valence-corrected chi connectivity index (χ2v) is 13.5. The molecular formula is C42H23N7O2S. The Morgan fingerprint density at radius 1 is 0.577 bits per heavy atom. The Morgan fingerprint density at radius 2 is 1.38 bits per heavy atom. The Balaban J connectivity index is 1.37. The van der Waals surface area contributed by atoms with Crippen molar-refractivity contribution >= 4 is 65.3 Å². The first kappa shape index (κ1) is 28.8. The number of para-hydroxylation sites is 5. The Morgan fingerprint density at radius 3 is 2.25 bits per heavy atom. The van der Waals surface area contributed by atoms with Gasteiger partial charge in [-0.2, -0.15) is 0 Å². The molecule has 0 aliphatic rings. The minimum atomic E-state index is 0.401. The summed E-state index contributed by atoms with van der Waals surface area (Å²) in [5.41, 5.74) is 8.70. The molecule has 11 aromatic rings. The van der Waals surface area contributed by atoms with Gasteiger partial charge in [-0.3, -0.25) is 0 Å². The van der Waals surface area contributed by atoms with Crippen molar-refractivity contribution in [2.75, 3.05) is 0 Å². The van der Waals surface area contributed by atoms with Crippen molar-refractivity contribution in [3.8, 4) is 56.2 Å². The average molecular weight is 690 g/mol. The molecule has 0 unspecified atom stereocenters. The maximum atomic E-state index is 6.63. The van der Waals surface area contributed by atoms with Crippen molar-refractivity contribution in [1.29, 1.82) is 0 Å². The molecule has 0 amide bonds. The number of nitrogens with one attached hydrogen (secondary N) is 1. The van der Waals surface area contributed by atoms with Gasteiger partial charge < -0.3 is 13.9 Å². The van der Waals surface area contributed by atoms with Gasteiger partial charge in [0.1, 0.15) is 27.7 Å². The van der Waals surface area contributed by atoms with Crippen LogP contribution in [0.5, 0.6) is 0 Å². The summed E-state index contributed by atoms with van der Waals surface area (Å²) in [4.78, 5) is 29.0. The Bertz CT molecular complexity index is 3090. The fraction of sp³-hybridized carbons (Fsp3) is 0. The molecular weight excluding hydrogens is 667 g/mol. The summed E-state index contributed by atoms with van der Waals surface area (Å²) in [5.74, 6) is 1.10. The molecule has 11 rings (SSSR count). The third kappa shape index (κ3) is 4.41. The number of hydrogen-bond acceptors (Lipinski definition) is 9. The topological polar surface area (TPSA) is 119 Å². The van der Waals surface area contributed by atoms with E-state index in [2.05, 4.69) is 40.5 Å². The molecule has 0 saturated carbocycles. The molecule has 244 valence electrons. The van der Waals surface area contributed by atoms with Crippen molar-refractivity contribution < 1.29 is 8.94 Å². The number of benzene rings is 5. The number of pyridine rings is 2. The van der Waals surface area contributed by atoms with E-state index >= 15 is 0 Å². The first-order chi connectivity index (χ1) is 25.8. The quantitative estimate of drug-likeness (QED) is 0.190. The minimum Gasteiger partial charge on any atom is -0.436 e. The van der Waals surface area contributed by atoms with Crippen molar-refractivity contribution in [3.05, 3.63) is 134 Å². The lowest BCUT2D eigenvalue weighted by atomic mass is 9.91. The van der Waals surface area contributed by atoms with E-state index in [-0.39, 0.29) is 0 Å². The molecule has 1 N–H and O–H groups in total. The zero-order chi connectivity index (χ0) is 34.2. The summed E-state index contributed by atoms with van der Waals surface area (Å²) in [6, 6.07) is 40.1. The second kappa shape index (κ2) is 11.2. The third-order valence-electron chi connectivity index (χ3n) is 9.38. The summed E-state index contributed by atoms with van der Waals surface area (Å²) < 4.78 is 13.6. The molecule has 0 saturated heterocycles. The molecule has 0 fully saturated rings. The Labute approximate surface area is 298 Å². The van der Waals surface area contributed by atoms with Crippen molar-refractivity contribution in [2.24, 2.45) is 0 Å². The van der Waals surface area contributed by atoms with Crippen LogP contribution in [0.3, 0.4) is 0 Å². The lowest BCUT2D eigenvalue weighted by Gasteiger charge is -2.18. The molecule has 0 aliphatic heterocycles. The van der Waals surface area contributed by atoms with Crippen LogP contribution in [0.15, 0.2) is 143 Å². The van der Waals surface area contributed by atoms with E-state index in [0.29, 0.717) is 51.2 Å². The smallest absolute Gasteiger partial charge is 0.230 e. The number of aromatic nitrogens is 7. The molecule has 10 heteroatoms. The number of oxazole rings is 1. The fourth-order valence-electron chi connectivity index (χ4n) is 7.03. The SMILES string of the molecule is c1ccc2nc(-c3nc(-c4noc5ccccc45)c(-c4nc5ccccc5o4)c4c(-c5nc6ccccc6s5)c(-c5ncc[nH]5)ccc34)ccc2c1. The predicted molar refractivity (Wildman–Crippen MR) is 205 cm³/mol. The van der Waals surface area contributed by atoms with Crippen LogP contribution < -0.4 is 0 Å². The average Bonchev–Trinajstić information content (AvgIpc) is 4.02. The van der Waals surface area contributed by atoms with Crippen LogP contribution in [-0.2, 0) is 0 Å². The number of imidazole rings is 1. The summed E-state index contributed by atoms with van der Waals surface area (Å²) in [5, 5.41) is 9.00. The van der Waals surface area contributed by atoms with Crippen LogP contribution in [0, 0.1) is 0 Å². The van der Waals surface area contributed by atoms with Crippen molar-refractivity contribution in [1.82, 2.24) is 35.1 Å². The highest BCUT2D eigenvalue weighted by Gasteiger charge is 2.30. The molecule has 0 spiro atoms.